The fourth-order valence-corrected chi connectivity index (χ4v) is 4.72. The number of pyridine rings is 1. The number of hydrogen-bond acceptors (Lipinski definition) is 14. The molecule has 0 atom stereocenters. The van der Waals surface area contributed by atoms with E-state index in [0.29, 0.717) is 77.3 Å². The Labute approximate surface area is 318 Å². The molecule has 0 bridgehead atoms. The molecule has 0 radical (unpaired) electrons. The average Bonchev–Trinajstić information content (AvgIpc) is 3.15. The molecule has 2 amide bonds. The monoisotopic (exact) mass is 751 g/mol. The summed E-state index contributed by atoms with van der Waals surface area (Å²) in [6, 6.07) is 13.0. The maximum atomic E-state index is 12.9. The maximum absolute atomic E-state index is 12.9. The smallest absolute Gasteiger partial charge is 0.256 e. The van der Waals surface area contributed by atoms with Gasteiger partial charge in [-0.2, -0.15) is 4.98 Å². The third kappa shape index (κ3) is 17.0. The molecule has 3 aromatic rings. The van der Waals surface area contributed by atoms with Crippen molar-refractivity contribution < 1.29 is 33.6 Å². The van der Waals surface area contributed by atoms with Gasteiger partial charge in [0, 0.05) is 57.2 Å². The number of anilines is 5. The number of aromatic nitrogens is 3. The number of nitrogens with one attached hydrogen (secondary N) is 5. The number of benzene rings is 1. The first kappa shape index (κ1) is 43.7. The van der Waals surface area contributed by atoms with E-state index >= 15 is 0 Å². The fourth-order valence-electron chi connectivity index (χ4n) is 4.72. The molecule has 16 heteroatoms. The first-order chi connectivity index (χ1) is 26.1. The van der Waals surface area contributed by atoms with Crippen molar-refractivity contribution in [1.82, 2.24) is 30.9 Å². The number of rotatable bonds is 28. The molecule has 0 saturated carbocycles. The van der Waals surface area contributed by atoms with E-state index in [9.17, 15) is 14.7 Å². The molecule has 1 aromatic carbocycles. The van der Waals surface area contributed by atoms with Crippen LogP contribution in [0.3, 0.4) is 0 Å². The molecule has 54 heavy (non-hydrogen) atoms. The topological polar surface area (TPSA) is 193 Å². The Morgan fingerprint density at radius 1 is 0.870 bits per heavy atom. The van der Waals surface area contributed by atoms with Crippen LogP contribution in [0.4, 0.5) is 29.0 Å². The van der Waals surface area contributed by atoms with Crippen LogP contribution in [0.1, 0.15) is 42.7 Å². The molecule has 0 spiro atoms. The second-order valence-electron chi connectivity index (χ2n) is 12.6. The van der Waals surface area contributed by atoms with Crippen LogP contribution in [0.5, 0.6) is 0 Å². The quantitative estimate of drug-likeness (QED) is 0.0468. The summed E-state index contributed by atoms with van der Waals surface area (Å²) in [5.74, 6) is 0.490. The van der Waals surface area contributed by atoms with E-state index in [4.69, 9.17) is 18.9 Å². The van der Waals surface area contributed by atoms with E-state index in [1.165, 1.54) is 6.20 Å². The lowest BCUT2D eigenvalue weighted by Gasteiger charge is -2.20. The zero-order valence-corrected chi connectivity index (χ0v) is 32.0. The molecular weight excluding hydrogens is 694 g/mol. The van der Waals surface area contributed by atoms with Gasteiger partial charge in [0.15, 0.2) is 0 Å². The second-order valence-corrected chi connectivity index (χ2v) is 12.6. The van der Waals surface area contributed by atoms with Gasteiger partial charge in [-0.1, -0.05) is 12.1 Å². The van der Waals surface area contributed by atoms with Crippen LogP contribution in [0.15, 0.2) is 61.3 Å². The Hall–Kier alpha value is -4.71. The molecular formula is C38H57N9O7. The lowest BCUT2D eigenvalue weighted by Crippen LogP contribution is -2.28. The van der Waals surface area contributed by atoms with Gasteiger partial charge in [0.2, 0.25) is 11.9 Å². The zero-order chi connectivity index (χ0) is 39.0. The van der Waals surface area contributed by atoms with Gasteiger partial charge in [0.25, 0.3) is 5.91 Å². The molecule has 0 fully saturated rings. The van der Waals surface area contributed by atoms with Gasteiger partial charge in [-0.15, -0.1) is 6.58 Å². The summed E-state index contributed by atoms with van der Waals surface area (Å²) in [6.45, 7) is 13.3. The number of carbonyl (C=O) groups is 2. The largest absolute Gasteiger partial charge is 0.384 e. The Morgan fingerprint density at radius 2 is 1.54 bits per heavy atom. The van der Waals surface area contributed by atoms with Crippen molar-refractivity contribution in [2.75, 3.05) is 109 Å². The van der Waals surface area contributed by atoms with Crippen LogP contribution in [0.2, 0.25) is 0 Å². The standard InChI is InChI=1S/C38H57N9O7/c1-6-16-41-36(49)31-28-42-37(46-35(31)45-33-10-7-9-32(44-33)38(2,3)50)43-29-11-13-30(14-12-29)47(5)19-8-17-40-34(48)15-20-51-22-24-53-26-27-54-25-23-52-21-18-39-4/h6-7,9-14,28,39,50H,1,8,15-27H2,2-5H3,(H,40,48)(H,41,49)(H2,42,43,44,45,46). The number of ether oxygens (including phenoxy) is 4. The molecule has 6 N–H and O–H groups in total. The van der Waals surface area contributed by atoms with Crippen molar-refractivity contribution in [1.29, 1.82) is 0 Å². The molecule has 0 aliphatic heterocycles. The van der Waals surface area contributed by atoms with Crippen molar-refractivity contribution in [3.63, 3.8) is 0 Å². The Bertz CT molecular complexity index is 1550. The third-order valence-electron chi connectivity index (χ3n) is 7.71. The average molecular weight is 752 g/mol. The summed E-state index contributed by atoms with van der Waals surface area (Å²) in [6.07, 6.45) is 4.08. The Morgan fingerprint density at radius 3 is 2.19 bits per heavy atom. The third-order valence-corrected chi connectivity index (χ3v) is 7.71. The minimum Gasteiger partial charge on any atom is -0.384 e. The summed E-state index contributed by atoms with van der Waals surface area (Å²) in [5, 5.41) is 25.4. The summed E-state index contributed by atoms with van der Waals surface area (Å²) in [7, 11) is 3.87. The molecule has 0 saturated heterocycles. The van der Waals surface area contributed by atoms with Crippen molar-refractivity contribution in [3.05, 3.63) is 72.6 Å². The van der Waals surface area contributed by atoms with E-state index in [1.54, 1.807) is 38.1 Å². The highest BCUT2D eigenvalue weighted by Gasteiger charge is 2.20. The predicted octanol–water partition coefficient (Wildman–Crippen LogP) is 3.12. The minimum absolute atomic E-state index is 0.0516. The van der Waals surface area contributed by atoms with E-state index in [1.807, 2.05) is 38.4 Å². The van der Waals surface area contributed by atoms with Gasteiger partial charge < -0.3 is 55.5 Å². The lowest BCUT2D eigenvalue weighted by molar-refractivity contribution is -0.122. The number of nitrogens with zero attached hydrogens (tertiary/aromatic N) is 4. The van der Waals surface area contributed by atoms with Gasteiger partial charge in [-0.25, -0.2) is 9.97 Å². The van der Waals surface area contributed by atoms with Gasteiger partial charge >= 0.3 is 0 Å². The number of hydrogen-bond donors (Lipinski definition) is 6. The minimum atomic E-state index is -1.15. The zero-order valence-electron chi connectivity index (χ0n) is 32.0. The van der Waals surface area contributed by atoms with Crippen LogP contribution >= 0.6 is 0 Å². The van der Waals surface area contributed by atoms with E-state index in [0.717, 1.165) is 30.9 Å². The van der Waals surface area contributed by atoms with Gasteiger partial charge in [0.1, 0.15) is 22.8 Å². The van der Waals surface area contributed by atoms with Crippen LogP contribution in [-0.4, -0.2) is 125 Å². The predicted molar refractivity (Wildman–Crippen MR) is 210 cm³/mol. The number of likely N-dealkylation sites (N-methyl/N-ethyl adjacent to an activating group) is 1. The summed E-state index contributed by atoms with van der Waals surface area (Å²) < 4.78 is 21.8. The first-order valence-corrected chi connectivity index (χ1v) is 18.1. The van der Waals surface area contributed by atoms with E-state index < -0.39 is 5.60 Å². The van der Waals surface area contributed by atoms with E-state index in [-0.39, 0.29) is 35.7 Å². The summed E-state index contributed by atoms with van der Waals surface area (Å²) in [5.41, 5.74) is 1.27. The van der Waals surface area contributed by atoms with Crippen molar-refractivity contribution >= 4 is 40.8 Å². The highest BCUT2D eigenvalue weighted by molar-refractivity contribution is 5.99. The van der Waals surface area contributed by atoms with Crippen LogP contribution in [0, 0.1) is 0 Å². The number of amides is 2. The highest BCUT2D eigenvalue weighted by Crippen LogP contribution is 2.24. The van der Waals surface area contributed by atoms with Gasteiger partial charge in [-0.05, 0) is 63.7 Å². The van der Waals surface area contributed by atoms with Crippen molar-refractivity contribution in [2.24, 2.45) is 0 Å². The van der Waals surface area contributed by atoms with Gasteiger partial charge in [0.05, 0.1) is 58.5 Å². The molecule has 16 nitrogen and oxygen atoms in total. The molecule has 0 aliphatic carbocycles. The summed E-state index contributed by atoms with van der Waals surface area (Å²) >= 11 is 0. The fraction of sp³-hybridized carbons (Fsp3) is 0.500. The Balaban J connectivity index is 1.37. The SMILES string of the molecule is C=CCNC(=O)c1cnc(Nc2ccc(N(C)CCCNC(=O)CCOCCOCCOCCOCCNC)cc2)nc1Nc1cccc(C(C)(C)O)n1. The summed E-state index contributed by atoms with van der Waals surface area (Å²) in [4.78, 5) is 40.6. The highest BCUT2D eigenvalue weighted by atomic mass is 16.6. The first-order valence-electron chi connectivity index (χ1n) is 18.1. The molecule has 0 aliphatic rings. The van der Waals surface area contributed by atoms with Crippen LogP contribution < -0.4 is 31.5 Å². The van der Waals surface area contributed by atoms with Crippen molar-refractivity contribution in [2.45, 2.75) is 32.3 Å². The molecule has 3 rings (SSSR count). The normalized spacial score (nSPS) is 11.2. The lowest BCUT2D eigenvalue weighted by atomic mass is 10.1. The number of carbonyl (C=O) groups excluding carboxylic acids is 2. The van der Waals surface area contributed by atoms with Gasteiger partial charge in [-0.3, -0.25) is 9.59 Å². The van der Waals surface area contributed by atoms with Crippen LogP contribution in [0.25, 0.3) is 0 Å². The molecule has 0 unspecified atom stereocenters. The van der Waals surface area contributed by atoms with Crippen molar-refractivity contribution in [3.8, 4) is 0 Å². The van der Waals surface area contributed by atoms with Crippen LogP contribution in [-0.2, 0) is 29.3 Å². The molecule has 2 aromatic heterocycles. The second kappa shape index (κ2) is 24.6. The Kier molecular flexibility index (Phi) is 19.9. The van der Waals surface area contributed by atoms with E-state index in [2.05, 4.69) is 53.0 Å². The molecule has 2 heterocycles. The molecule has 296 valence electrons. The number of aliphatic hydroxyl groups is 1. The maximum Gasteiger partial charge on any atom is 0.256 e.